The molecule has 0 aromatic rings. The van der Waals surface area contributed by atoms with Crippen molar-refractivity contribution >= 4 is 23.8 Å². The number of ether oxygens (including phenoxy) is 1. The SMILES string of the molecule is CC(=O)N[C@H](CCC(=O)OC(CC(=O)O)C[N+](C)(C)C)C(=O)O. The second kappa shape index (κ2) is 9.09. The number of carbonyl (C=O) groups is 4. The molecule has 0 aromatic carbocycles. The number of carbonyl (C=O) groups excluding carboxylic acids is 2. The maximum Gasteiger partial charge on any atom is 0.326 e. The van der Waals surface area contributed by atoms with Crippen LogP contribution >= 0.6 is 0 Å². The van der Waals surface area contributed by atoms with Gasteiger partial charge in [0.25, 0.3) is 0 Å². The molecule has 0 aromatic heterocycles. The number of hydrogen-bond acceptors (Lipinski definition) is 5. The van der Waals surface area contributed by atoms with Crippen LogP contribution in [-0.4, -0.2) is 78.3 Å². The predicted octanol–water partition coefficient (Wildman–Crippen LogP) is -0.551. The van der Waals surface area contributed by atoms with Gasteiger partial charge in [0.1, 0.15) is 12.6 Å². The van der Waals surface area contributed by atoms with Crippen molar-refractivity contribution in [1.29, 1.82) is 0 Å². The Morgan fingerprint density at radius 3 is 2.09 bits per heavy atom. The summed E-state index contributed by atoms with van der Waals surface area (Å²) in [6.07, 6.45) is -1.48. The van der Waals surface area contributed by atoms with Crippen LogP contribution < -0.4 is 5.32 Å². The summed E-state index contributed by atoms with van der Waals surface area (Å²) in [5.74, 6) is -3.54. The van der Waals surface area contributed by atoms with E-state index in [1.807, 2.05) is 21.1 Å². The lowest BCUT2D eigenvalue weighted by Gasteiger charge is -2.28. The third-order valence-corrected chi connectivity index (χ3v) is 2.76. The Balaban J connectivity index is 4.58. The number of amides is 1. The quantitative estimate of drug-likeness (QED) is 0.361. The van der Waals surface area contributed by atoms with E-state index in [0.717, 1.165) is 0 Å². The van der Waals surface area contributed by atoms with E-state index >= 15 is 0 Å². The van der Waals surface area contributed by atoms with Crippen molar-refractivity contribution < 1.29 is 38.6 Å². The maximum absolute atomic E-state index is 11.8. The molecule has 2 atom stereocenters. The van der Waals surface area contributed by atoms with Gasteiger partial charge in [-0.2, -0.15) is 0 Å². The Morgan fingerprint density at radius 1 is 1.13 bits per heavy atom. The van der Waals surface area contributed by atoms with Crippen LogP contribution in [0.1, 0.15) is 26.2 Å². The highest BCUT2D eigenvalue weighted by atomic mass is 16.5. The number of carboxylic acids is 2. The van der Waals surface area contributed by atoms with Gasteiger partial charge >= 0.3 is 17.9 Å². The summed E-state index contributed by atoms with van der Waals surface area (Å²) in [5, 5.41) is 20.0. The van der Waals surface area contributed by atoms with Crippen LogP contribution in [0.5, 0.6) is 0 Å². The molecule has 9 nitrogen and oxygen atoms in total. The molecule has 0 saturated carbocycles. The molecule has 0 bridgehead atoms. The molecule has 0 saturated heterocycles. The average molecular weight is 333 g/mol. The minimum Gasteiger partial charge on any atom is -0.481 e. The third kappa shape index (κ3) is 11.1. The molecule has 0 fully saturated rings. The zero-order valence-electron chi connectivity index (χ0n) is 13.9. The molecule has 0 heterocycles. The van der Waals surface area contributed by atoms with E-state index in [2.05, 4.69) is 5.32 Å². The summed E-state index contributed by atoms with van der Waals surface area (Å²) in [7, 11) is 5.50. The molecule has 0 aliphatic heterocycles. The van der Waals surface area contributed by atoms with Crippen LogP contribution in [-0.2, 0) is 23.9 Å². The van der Waals surface area contributed by atoms with E-state index < -0.39 is 36.0 Å². The molecule has 9 heteroatoms. The minimum absolute atomic E-state index is 0.127. The van der Waals surface area contributed by atoms with E-state index in [4.69, 9.17) is 14.9 Å². The fraction of sp³-hybridized carbons (Fsp3) is 0.714. The molecule has 1 amide bonds. The molecule has 3 N–H and O–H groups in total. The van der Waals surface area contributed by atoms with Crippen molar-refractivity contribution in [3.05, 3.63) is 0 Å². The Labute approximate surface area is 134 Å². The van der Waals surface area contributed by atoms with Gasteiger partial charge in [0.15, 0.2) is 6.10 Å². The highest BCUT2D eigenvalue weighted by Crippen LogP contribution is 2.08. The number of nitrogens with one attached hydrogen (secondary N) is 1. The van der Waals surface area contributed by atoms with Crippen LogP contribution in [0.2, 0.25) is 0 Å². The predicted molar refractivity (Wildman–Crippen MR) is 79.5 cm³/mol. The van der Waals surface area contributed by atoms with Crippen LogP contribution in [0.15, 0.2) is 0 Å². The van der Waals surface area contributed by atoms with E-state index in [9.17, 15) is 19.2 Å². The van der Waals surface area contributed by atoms with Crippen molar-refractivity contribution in [2.75, 3.05) is 27.7 Å². The fourth-order valence-corrected chi connectivity index (χ4v) is 1.96. The van der Waals surface area contributed by atoms with Crippen molar-refractivity contribution in [3.8, 4) is 0 Å². The van der Waals surface area contributed by atoms with E-state index in [0.29, 0.717) is 11.0 Å². The third-order valence-electron chi connectivity index (χ3n) is 2.76. The topological polar surface area (TPSA) is 130 Å². The van der Waals surface area contributed by atoms with Crippen molar-refractivity contribution in [2.24, 2.45) is 0 Å². The standard InChI is InChI=1S/C14H24N2O7/c1-9(17)15-11(14(21)22)5-6-13(20)23-10(7-12(18)19)8-16(2,3)4/h10-11H,5-8H2,1-4H3,(H2-,15,17,18,19,21,22)/p+1/t10?,11-/m1/s1. The molecule has 23 heavy (non-hydrogen) atoms. The molecule has 0 radical (unpaired) electrons. The number of quaternary nitrogens is 1. The molecule has 0 aliphatic carbocycles. The van der Waals surface area contributed by atoms with Crippen LogP contribution in [0.25, 0.3) is 0 Å². The van der Waals surface area contributed by atoms with Crippen LogP contribution in [0.3, 0.4) is 0 Å². The second-order valence-corrected chi connectivity index (χ2v) is 6.31. The number of rotatable bonds is 10. The van der Waals surface area contributed by atoms with Gasteiger partial charge in [0.05, 0.1) is 27.6 Å². The fourth-order valence-electron chi connectivity index (χ4n) is 1.96. The van der Waals surface area contributed by atoms with Gasteiger partial charge in [-0.05, 0) is 6.42 Å². The van der Waals surface area contributed by atoms with Gasteiger partial charge in [-0.1, -0.05) is 0 Å². The number of aliphatic carboxylic acids is 2. The number of esters is 1. The van der Waals surface area contributed by atoms with Crippen molar-refractivity contribution in [1.82, 2.24) is 5.32 Å². The summed E-state index contributed by atoms with van der Waals surface area (Å²) in [6, 6.07) is -1.18. The molecular formula is C14H25N2O7+. The normalized spacial score (nSPS) is 13.7. The lowest BCUT2D eigenvalue weighted by atomic mass is 10.1. The lowest BCUT2D eigenvalue weighted by Crippen LogP contribution is -2.44. The molecule has 0 rings (SSSR count). The lowest BCUT2D eigenvalue weighted by molar-refractivity contribution is -0.873. The zero-order chi connectivity index (χ0) is 18.2. The van der Waals surface area contributed by atoms with Gasteiger partial charge in [-0.15, -0.1) is 0 Å². The van der Waals surface area contributed by atoms with Crippen molar-refractivity contribution in [2.45, 2.75) is 38.3 Å². The molecule has 0 spiro atoms. The van der Waals surface area contributed by atoms with Crippen LogP contribution in [0, 0.1) is 0 Å². The summed E-state index contributed by atoms with van der Waals surface area (Å²) < 4.78 is 5.54. The van der Waals surface area contributed by atoms with Gasteiger partial charge in [0, 0.05) is 13.3 Å². The number of likely N-dealkylation sites (N-methyl/N-ethyl adjacent to an activating group) is 1. The average Bonchev–Trinajstić information content (AvgIpc) is 2.30. The molecular weight excluding hydrogens is 308 g/mol. The molecule has 1 unspecified atom stereocenters. The van der Waals surface area contributed by atoms with Crippen molar-refractivity contribution in [3.63, 3.8) is 0 Å². The molecule has 0 aliphatic rings. The Hall–Kier alpha value is -2.16. The van der Waals surface area contributed by atoms with E-state index in [-0.39, 0.29) is 19.3 Å². The maximum atomic E-state index is 11.8. The smallest absolute Gasteiger partial charge is 0.326 e. The molecule has 132 valence electrons. The van der Waals surface area contributed by atoms with Gasteiger partial charge in [0.2, 0.25) is 5.91 Å². The van der Waals surface area contributed by atoms with Gasteiger partial charge in [-0.25, -0.2) is 4.79 Å². The monoisotopic (exact) mass is 333 g/mol. The number of carboxylic acid groups (broad SMARTS) is 2. The zero-order valence-corrected chi connectivity index (χ0v) is 13.9. The highest BCUT2D eigenvalue weighted by Gasteiger charge is 2.26. The second-order valence-electron chi connectivity index (χ2n) is 6.31. The first kappa shape index (κ1) is 20.8. The van der Waals surface area contributed by atoms with E-state index in [1.54, 1.807) is 0 Å². The number of hydrogen-bond donors (Lipinski definition) is 3. The largest absolute Gasteiger partial charge is 0.481 e. The van der Waals surface area contributed by atoms with Gasteiger partial charge < -0.3 is 24.7 Å². The first-order chi connectivity index (χ1) is 10.4. The van der Waals surface area contributed by atoms with Crippen LogP contribution in [0.4, 0.5) is 0 Å². The number of nitrogens with zero attached hydrogens (tertiary/aromatic N) is 1. The highest BCUT2D eigenvalue weighted by molar-refractivity contribution is 5.82. The Bertz CT molecular complexity index is 457. The Morgan fingerprint density at radius 2 is 1.70 bits per heavy atom. The first-order valence-corrected chi connectivity index (χ1v) is 7.12. The summed E-state index contributed by atoms with van der Waals surface area (Å²) >= 11 is 0. The van der Waals surface area contributed by atoms with E-state index in [1.165, 1.54) is 6.92 Å². The first-order valence-electron chi connectivity index (χ1n) is 7.12. The summed E-state index contributed by atoms with van der Waals surface area (Å²) in [5.41, 5.74) is 0. The minimum atomic E-state index is -1.25. The Kier molecular flexibility index (Phi) is 8.23. The summed E-state index contributed by atoms with van der Waals surface area (Å²) in [4.78, 5) is 44.5. The summed E-state index contributed by atoms with van der Waals surface area (Å²) in [6.45, 7) is 1.49. The van der Waals surface area contributed by atoms with Gasteiger partial charge in [-0.3, -0.25) is 14.4 Å².